The van der Waals surface area contributed by atoms with Crippen molar-refractivity contribution < 1.29 is 85.7 Å². The van der Waals surface area contributed by atoms with Crippen LogP contribution in [0.25, 0.3) is 0 Å². The average Bonchev–Trinajstić information content (AvgIpc) is 1.71. The Morgan fingerprint density at radius 3 is 0.691 bits per heavy atom. The minimum Gasteiger partial charge on any atom is -0.465 e. The number of rotatable bonds is 22. The van der Waals surface area contributed by atoms with Gasteiger partial charge in [-0.3, -0.25) is 28.8 Å². The summed E-state index contributed by atoms with van der Waals surface area (Å²) in [4.78, 5) is 98.0. The molecule has 6 aliphatic carbocycles. The highest BCUT2D eigenvalue weighted by atomic mass is 16.7. The molecule has 0 radical (unpaired) electrons. The van der Waals surface area contributed by atoms with Crippen LogP contribution in [-0.4, -0.2) is 125 Å². The quantitative estimate of drug-likeness (QED) is 0.0344. The second-order valence-corrected chi connectivity index (χ2v) is 42.6. The number of nitrogens with one attached hydrogen (secondary N) is 6. The van der Waals surface area contributed by atoms with Gasteiger partial charge in [-0.05, 0) is 304 Å². The lowest BCUT2D eigenvalue weighted by Gasteiger charge is -2.37. The largest absolute Gasteiger partial charge is 0.465 e. The van der Waals surface area contributed by atoms with Crippen molar-refractivity contribution in [3.63, 3.8) is 0 Å². The first-order chi connectivity index (χ1) is 65.0. The van der Waals surface area contributed by atoms with E-state index in [4.69, 9.17) is 37.9 Å². The second-order valence-electron chi connectivity index (χ2n) is 42.6. The molecule has 0 aromatic heterocycles. The van der Waals surface area contributed by atoms with Gasteiger partial charge in [-0.15, -0.1) is 0 Å². The minimum atomic E-state index is -0.391. The monoisotopic (exact) mass is 1880 g/mol. The fourth-order valence-corrected chi connectivity index (χ4v) is 22.0. The van der Waals surface area contributed by atoms with Gasteiger partial charge in [0.25, 0.3) is 23.6 Å². The maximum Gasteiger partial charge on any atom is 0.337 e. The van der Waals surface area contributed by atoms with E-state index >= 15 is 0 Å². The lowest BCUT2D eigenvalue weighted by Crippen LogP contribution is -2.46. The first-order valence-corrected chi connectivity index (χ1v) is 50.7. The molecule has 0 bridgehead atoms. The van der Waals surface area contributed by atoms with E-state index in [1.54, 1.807) is 84.9 Å². The zero-order valence-electron chi connectivity index (χ0n) is 84.7. The molecule has 18 atom stereocenters. The molecule has 24 heteroatoms. The fourth-order valence-electron chi connectivity index (χ4n) is 22.0. The molecule has 24 nitrogen and oxygen atoms in total. The summed E-state index contributed by atoms with van der Waals surface area (Å²) in [6.07, 6.45) is 21.9. The van der Waals surface area contributed by atoms with Crippen molar-refractivity contribution in [3.8, 4) is 46.0 Å². The van der Waals surface area contributed by atoms with E-state index in [9.17, 15) is 38.4 Å². The van der Waals surface area contributed by atoms with Gasteiger partial charge in [0, 0.05) is 58.5 Å². The summed E-state index contributed by atoms with van der Waals surface area (Å²) in [5.41, 5.74) is 5.30. The minimum absolute atomic E-state index is 0.0111. The third-order valence-electron chi connectivity index (χ3n) is 30.1. The zero-order chi connectivity index (χ0) is 98.1. The second kappa shape index (κ2) is 50.7. The summed E-state index contributed by atoms with van der Waals surface area (Å²) in [6, 6.07) is 37.1. The van der Waals surface area contributed by atoms with Crippen molar-refractivity contribution in [2.75, 3.05) is 41.4 Å². The lowest BCUT2D eigenvalue weighted by atomic mass is 9.74. The molecule has 10 aliphatic rings. The summed E-state index contributed by atoms with van der Waals surface area (Å²) >= 11 is 0. The number of amides is 6. The van der Waals surface area contributed by atoms with Gasteiger partial charge in [-0.1, -0.05) is 175 Å². The van der Waals surface area contributed by atoms with Gasteiger partial charge in [-0.2, -0.15) is 0 Å². The van der Waals surface area contributed by atoms with Crippen molar-refractivity contribution >= 4 is 47.4 Å². The molecule has 136 heavy (non-hydrogen) atoms. The summed E-state index contributed by atoms with van der Waals surface area (Å²) in [7, 11) is 2.69. The van der Waals surface area contributed by atoms with E-state index in [1.165, 1.54) is 91.3 Å². The normalized spacial score (nSPS) is 25.9. The number of hydrogen-bond acceptors (Lipinski definition) is 18. The Bertz CT molecular complexity index is 4610. The van der Waals surface area contributed by atoms with Crippen LogP contribution in [0.2, 0.25) is 0 Å². The van der Waals surface area contributed by atoms with Gasteiger partial charge >= 0.3 is 11.9 Å². The van der Waals surface area contributed by atoms with Crippen LogP contribution < -0.4 is 69.8 Å². The number of ether oxygens (including phenoxy) is 10. The first kappa shape index (κ1) is 106. The maximum atomic E-state index is 12.6. The SMILES string of the molecule is CC(C)[C@@H]1CC[C@@H](C)C[C@@H]1NC(=O)Cc1ccc2c(c1)OCO2.CC(C)[C@@H]1CC[C@@H](C)C[C@@H]1NC(=O)c1ccc2c(c1)OCO2.CC(C)[C@H]1CC[C@H](C)C[C@H]1NC(=O)Cc1ccc2c(c1)OCO2.CC(C)[C@H]1CC[C@H](C)C[C@H]1NC(=O)c1ccc2c(c1)OCO2.COC(=O)c1ccc(C(=O)N[C@@H]2C[C@@H](C)CC[C@@H]2C(C)C)cc1.COC(=O)c1ccc(C(=O)N[C@H]2C[C@H](C)CC[C@H]2C(C)C)cc1. The maximum absolute atomic E-state index is 12.6. The van der Waals surface area contributed by atoms with E-state index in [0.717, 1.165) is 72.6 Å². The zero-order valence-corrected chi connectivity index (χ0v) is 84.7. The Balaban J connectivity index is 0.000000157. The van der Waals surface area contributed by atoms with Gasteiger partial charge < -0.3 is 79.3 Å². The topological polar surface area (TPSA) is 301 Å². The highest BCUT2D eigenvalue weighted by Gasteiger charge is 2.39. The van der Waals surface area contributed by atoms with Crippen LogP contribution in [0.4, 0.5) is 0 Å². The van der Waals surface area contributed by atoms with Crippen molar-refractivity contribution in [2.24, 2.45) is 107 Å². The number of fused-ring (bicyclic) bond motifs is 4. The fraction of sp³-hybridized carbons (Fsp3) is 0.607. The summed E-state index contributed by atoms with van der Waals surface area (Å²) < 4.78 is 52.0. The molecule has 6 fully saturated rings. The molecule has 6 aromatic rings. The predicted octanol–water partition coefficient (Wildman–Crippen LogP) is 21.6. The molecular weight excluding hydrogens is 1720 g/mol. The first-order valence-electron chi connectivity index (χ1n) is 50.7. The molecule has 4 aliphatic heterocycles. The highest BCUT2D eigenvalue weighted by molar-refractivity contribution is 5.98. The van der Waals surface area contributed by atoms with Gasteiger partial charge in [0.1, 0.15) is 0 Å². The molecule has 744 valence electrons. The van der Waals surface area contributed by atoms with Crippen LogP contribution >= 0.6 is 0 Å². The van der Waals surface area contributed by atoms with Crippen molar-refractivity contribution in [2.45, 2.75) is 289 Å². The number of carbonyl (C=O) groups is 8. The van der Waals surface area contributed by atoms with E-state index in [1.807, 2.05) is 36.4 Å². The smallest absolute Gasteiger partial charge is 0.337 e. The Kier molecular flexibility index (Phi) is 39.5. The van der Waals surface area contributed by atoms with Gasteiger partial charge in [0.05, 0.1) is 38.2 Å². The van der Waals surface area contributed by atoms with Crippen LogP contribution in [0.3, 0.4) is 0 Å². The predicted molar refractivity (Wildman–Crippen MR) is 530 cm³/mol. The average molecular weight is 1880 g/mol. The highest BCUT2D eigenvalue weighted by Crippen LogP contribution is 2.43. The summed E-state index contributed by atoms with van der Waals surface area (Å²) in [5, 5.41) is 19.5. The standard InChI is InChI=1S/4C19H27NO3.2C18H25NO3/c2*1-12(2)15-6-4-13(3)8-16(15)20-19(21)10-14-5-7-17-18(9-14)23-11-22-17;2*1-12(2)16-10-5-13(3)11-17(16)20-18(21)14-6-8-15(9-7-14)19(22)23-4;2*1-11(2)14-6-4-12(3)8-15(14)19-18(20)13-5-7-16-17(9-13)22-10-21-16/h2*5,7,9,12-13,15-16H,4,6,8,10-11H2,1-3H3,(H,20,21);2*6-9,12-13,16-17H,5,10-11H2,1-4H3,(H,20,21);2*5,7,9,11-12,14-15H,4,6,8,10H2,1-3H3,(H,19,20)/t2*13-,15+,16+;2*13-,16+,17+;2*12-,14+,15+/m101010/s1. The van der Waals surface area contributed by atoms with Crippen molar-refractivity contribution in [1.82, 2.24) is 31.9 Å². The molecular formula is C112H158N6O18. The van der Waals surface area contributed by atoms with E-state index in [0.29, 0.717) is 188 Å². The van der Waals surface area contributed by atoms with Gasteiger partial charge in [-0.25, -0.2) is 9.59 Å². The van der Waals surface area contributed by atoms with E-state index in [-0.39, 0.29) is 86.8 Å². The van der Waals surface area contributed by atoms with Gasteiger partial charge in [0.15, 0.2) is 46.0 Å². The van der Waals surface area contributed by atoms with Crippen molar-refractivity contribution in [3.05, 3.63) is 166 Å². The Hall–Kier alpha value is -10.5. The van der Waals surface area contributed by atoms with Crippen LogP contribution in [0.15, 0.2) is 121 Å². The van der Waals surface area contributed by atoms with E-state index in [2.05, 4.69) is 166 Å². The number of methoxy groups -OCH3 is 2. The van der Waals surface area contributed by atoms with Crippen molar-refractivity contribution in [1.29, 1.82) is 0 Å². The van der Waals surface area contributed by atoms with Crippen LogP contribution in [0.1, 0.15) is 313 Å². The molecule has 16 rings (SSSR count). The molecule has 0 spiro atoms. The molecule has 6 saturated carbocycles. The summed E-state index contributed by atoms with van der Waals surface area (Å²) in [5.74, 6) is 16.0. The molecule has 6 amide bonds. The lowest BCUT2D eigenvalue weighted by molar-refractivity contribution is -0.122. The Morgan fingerprint density at radius 2 is 0.456 bits per heavy atom. The number of carbonyl (C=O) groups excluding carboxylic acids is 8. The van der Waals surface area contributed by atoms with E-state index < -0.39 is 11.9 Å². The molecule has 4 heterocycles. The third kappa shape index (κ3) is 30.2. The summed E-state index contributed by atoms with van der Waals surface area (Å²) in [6.45, 7) is 41.6. The third-order valence-corrected chi connectivity index (χ3v) is 30.1. The van der Waals surface area contributed by atoms with Crippen LogP contribution in [0, 0.1) is 107 Å². The van der Waals surface area contributed by atoms with Crippen LogP contribution in [-0.2, 0) is 31.9 Å². The van der Waals surface area contributed by atoms with Gasteiger partial charge in [0.2, 0.25) is 39.0 Å². The molecule has 6 aromatic carbocycles. The van der Waals surface area contributed by atoms with Crippen LogP contribution in [0.5, 0.6) is 46.0 Å². The Morgan fingerprint density at radius 1 is 0.257 bits per heavy atom. The number of esters is 2. The molecule has 0 saturated heterocycles. The number of benzene rings is 6. The number of hydrogen-bond donors (Lipinski definition) is 6. The molecule has 6 N–H and O–H groups in total. The Labute approximate surface area is 809 Å². The molecule has 0 unspecified atom stereocenters.